The average molecular weight is 343 g/mol. The quantitative estimate of drug-likeness (QED) is 0.794. The van der Waals surface area contributed by atoms with Crippen LogP contribution in [0.25, 0.3) is 0 Å². The Hall–Kier alpha value is -2.33. The number of rotatable bonds is 4. The zero-order chi connectivity index (χ0) is 17.1. The Morgan fingerprint density at radius 2 is 1.79 bits per heavy atom. The topological polar surface area (TPSA) is 40.6 Å². The van der Waals surface area contributed by atoms with Crippen LogP contribution in [0.1, 0.15) is 17.5 Å². The molecule has 0 unspecified atom stereocenters. The van der Waals surface area contributed by atoms with Gasteiger partial charge in [-0.15, -0.1) is 0 Å². The number of urea groups is 1. The van der Waals surface area contributed by atoms with Crippen LogP contribution in [0.2, 0.25) is 5.02 Å². The lowest BCUT2D eigenvalue weighted by Crippen LogP contribution is -2.59. The first-order valence-corrected chi connectivity index (χ1v) is 8.28. The van der Waals surface area contributed by atoms with Crippen molar-refractivity contribution in [3.05, 3.63) is 70.7 Å². The number of nitrogens with zero attached hydrogens (tertiary/aromatic N) is 2. The zero-order valence-corrected chi connectivity index (χ0v) is 14.2. The highest BCUT2D eigenvalue weighted by atomic mass is 35.5. The SMILES string of the molecule is CN(Cc1ccc(Cl)cc1)C(=O)N1C(=O)C[C@H]1Cc1ccccc1. The molecule has 0 bridgehead atoms. The fourth-order valence-electron chi connectivity index (χ4n) is 2.91. The van der Waals surface area contributed by atoms with Crippen LogP contribution in [0.15, 0.2) is 54.6 Å². The standard InChI is InChI=1S/C19H19ClN2O2/c1-21(13-15-7-9-16(20)10-8-15)19(24)22-17(12-18(22)23)11-14-5-3-2-4-6-14/h2-10,17H,11-13H2,1H3/t17-/m1/s1. The van der Waals surface area contributed by atoms with E-state index >= 15 is 0 Å². The van der Waals surface area contributed by atoms with Gasteiger partial charge >= 0.3 is 6.03 Å². The lowest BCUT2D eigenvalue weighted by atomic mass is 9.95. The van der Waals surface area contributed by atoms with E-state index in [1.54, 1.807) is 24.1 Å². The molecule has 3 rings (SSSR count). The molecule has 1 fully saturated rings. The number of carbonyl (C=O) groups excluding carboxylic acids is 2. The number of β-lactam (4-membered cyclic amide) rings is 1. The Labute approximate surface area is 146 Å². The van der Waals surface area contributed by atoms with Crippen LogP contribution in [0.4, 0.5) is 4.79 Å². The summed E-state index contributed by atoms with van der Waals surface area (Å²) < 4.78 is 0. The van der Waals surface area contributed by atoms with E-state index in [2.05, 4.69) is 0 Å². The fourth-order valence-corrected chi connectivity index (χ4v) is 3.04. The van der Waals surface area contributed by atoms with E-state index in [9.17, 15) is 9.59 Å². The second kappa shape index (κ2) is 7.05. The molecule has 5 heteroatoms. The van der Waals surface area contributed by atoms with Crippen LogP contribution in [0, 0.1) is 0 Å². The van der Waals surface area contributed by atoms with Crippen molar-refractivity contribution in [3.8, 4) is 0 Å². The Bertz CT molecular complexity index is 731. The number of amides is 3. The van der Waals surface area contributed by atoms with Crippen LogP contribution in [-0.4, -0.2) is 34.8 Å². The van der Waals surface area contributed by atoms with Gasteiger partial charge < -0.3 is 4.90 Å². The summed E-state index contributed by atoms with van der Waals surface area (Å²) >= 11 is 5.87. The lowest BCUT2D eigenvalue weighted by Gasteiger charge is -2.40. The molecule has 1 heterocycles. The van der Waals surface area contributed by atoms with E-state index < -0.39 is 0 Å². The first-order valence-electron chi connectivity index (χ1n) is 7.90. The Balaban J connectivity index is 1.64. The molecule has 2 aromatic carbocycles. The summed E-state index contributed by atoms with van der Waals surface area (Å²) in [4.78, 5) is 27.5. The average Bonchev–Trinajstić information content (AvgIpc) is 2.57. The molecular formula is C19H19ClN2O2. The minimum atomic E-state index is -0.248. The summed E-state index contributed by atoms with van der Waals surface area (Å²) in [5.74, 6) is -0.108. The third-order valence-corrected chi connectivity index (χ3v) is 4.48. The number of hydrogen-bond donors (Lipinski definition) is 0. The van der Waals surface area contributed by atoms with Crippen molar-refractivity contribution in [1.82, 2.24) is 9.80 Å². The van der Waals surface area contributed by atoms with Crippen LogP contribution < -0.4 is 0 Å². The second-order valence-corrected chi connectivity index (χ2v) is 6.51. The lowest BCUT2D eigenvalue weighted by molar-refractivity contribution is -0.141. The smallest absolute Gasteiger partial charge is 0.323 e. The highest BCUT2D eigenvalue weighted by Crippen LogP contribution is 2.25. The van der Waals surface area contributed by atoms with Gasteiger partial charge in [-0.1, -0.05) is 54.1 Å². The molecule has 124 valence electrons. The molecule has 0 aromatic heterocycles. The predicted molar refractivity (Wildman–Crippen MR) is 93.7 cm³/mol. The normalized spacial score (nSPS) is 16.7. The molecule has 0 radical (unpaired) electrons. The zero-order valence-electron chi connectivity index (χ0n) is 13.5. The van der Waals surface area contributed by atoms with Gasteiger partial charge in [0.25, 0.3) is 0 Å². The molecule has 1 aliphatic rings. The molecule has 3 amide bonds. The highest BCUT2D eigenvalue weighted by molar-refractivity contribution is 6.30. The van der Waals surface area contributed by atoms with Crippen LogP contribution in [0.5, 0.6) is 0 Å². The molecule has 24 heavy (non-hydrogen) atoms. The van der Waals surface area contributed by atoms with Crippen LogP contribution in [0.3, 0.4) is 0 Å². The predicted octanol–water partition coefficient (Wildman–Crippen LogP) is 3.74. The van der Waals surface area contributed by atoms with Crippen molar-refractivity contribution >= 4 is 23.5 Å². The van der Waals surface area contributed by atoms with E-state index in [0.717, 1.165) is 11.1 Å². The summed E-state index contributed by atoms with van der Waals surface area (Å²) in [6, 6.07) is 17.0. The number of imide groups is 1. The minimum absolute atomic E-state index is 0.0555. The summed E-state index contributed by atoms with van der Waals surface area (Å²) in [6.07, 6.45) is 1.13. The van der Waals surface area contributed by atoms with E-state index in [4.69, 9.17) is 11.6 Å². The van der Waals surface area contributed by atoms with Gasteiger partial charge in [0.05, 0.1) is 6.04 Å². The number of hydrogen-bond acceptors (Lipinski definition) is 2. The van der Waals surface area contributed by atoms with Gasteiger partial charge in [-0.25, -0.2) is 4.79 Å². The molecule has 0 aliphatic carbocycles. The fraction of sp³-hybridized carbons (Fsp3) is 0.263. The summed E-state index contributed by atoms with van der Waals surface area (Å²) in [5, 5.41) is 0.661. The highest BCUT2D eigenvalue weighted by Gasteiger charge is 2.41. The minimum Gasteiger partial charge on any atom is -0.323 e. The number of benzene rings is 2. The first kappa shape index (κ1) is 16.5. The summed E-state index contributed by atoms with van der Waals surface area (Å²) in [6.45, 7) is 0.442. The molecule has 1 saturated heterocycles. The molecule has 2 aromatic rings. The Morgan fingerprint density at radius 1 is 1.12 bits per heavy atom. The van der Waals surface area contributed by atoms with Gasteiger partial charge in [-0.05, 0) is 29.7 Å². The molecule has 0 saturated carbocycles. The van der Waals surface area contributed by atoms with Crippen LogP contribution >= 0.6 is 11.6 Å². The van der Waals surface area contributed by atoms with Gasteiger partial charge in [-0.3, -0.25) is 9.69 Å². The van der Waals surface area contributed by atoms with Crippen LogP contribution in [-0.2, 0) is 17.8 Å². The van der Waals surface area contributed by atoms with E-state index in [-0.39, 0.29) is 18.0 Å². The van der Waals surface area contributed by atoms with Crippen molar-refractivity contribution in [2.24, 2.45) is 0 Å². The van der Waals surface area contributed by atoms with Crippen molar-refractivity contribution in [3.63, 3.8) is 0 Å². The first-order chi connectivity index (χ1) is 11.5. The molecule has 0 spiro atoms. The van der Waals surface area contributed by atoms with Gasteiger partial charge in [0, 0.05) is 25.0 Å². The Morgan fingerprint density at radius 3 is 2.42 bits per heavy atom. The summed E-state index contributed by atoms with van der Waals surface area (Å²) in [5.41, 5.74) is 2.11. The number of halogens is 1. The van der Waals surface area contributed by atoms with E-state index in [1.165, 1.54) is 4.90 Å². The maximum Gasteiger partial charge on any atom is 0.327 e. The van der Waals surface area contributed by atoms with E-state index in [1.807, 2.05) is 42.5 Å². The van der Waals surface area contributed by atoms with Crippen molar-refractivity contribution < 1.29 is 9.59 Å². The molecule has 4 nitrogen and oxygen atoms in total. The third kappa shape index (κ3) is 3.60. The van der Waals surface area contributed by atoms with Gasteiger partial charge in [-0.2, -0.15) is 0 Å². The molecule has 0 N–H and O–H groups in total. The summed E-state index contributed by atoms with van der Waals surface area (Å²) in [7, 11) is 1.71. The molecule has 1 aliphatic heterocycles. The van der Waals surface area contributed by atoms with E-state index in [0.29, 0.717) is 24.4 Å². The monoisotopic (exact) mass is 342 g/mol. The van der Waals surface area contributed by atoms with Gasteiger partial charge in [0.1, 0.15) is 0 Å². The second-order valence-electron chi connectivity index (χ2n) is 6.08. The number of likely N-dealkylation sites (tertiary alicyclic amines) is 1. The van der Waals surface area contributed by atoms with Crippen molar-refractivity contribution in [2.45, 2.75) is 25.4 Å². The third-order valence-electron chi connectivity index (χ3n) is 4.22. The molecular weight excluding hydrogens is 324 g/mol. The maximum absolute atomic E-state index is 12.6. The Kier molecular flexibility index (Phi) is 4.86. The van der Waals surface area contributed by atoms with Gasteiger partial charge in [0.15, 0.2) is 0 Å². The van der Waals surface area contributed by atoms with Gasteiger partial charge in [0.2, 0.25) is 5.91 Å². The maximum atomic E-state index is 12.6. The number of carbonyl (C=O) groups is 2. The van der Waals surface area contributed by atoms with Crippen molar-refractivity contribution in [1.29, 1.82) is 0 Å². The van der Waals surface area contributed by atoms with Crippen molar-refractivity contribution in [2.75, 3.05) is 7.05 Å². The molecule has 1 atom stereocenters. The largest absolute Gasteiger partial charge is 0.327 e.